The fraction of sp³-hybridized carbons (Fsp3) is 0.400. The average Bonchev–Trinajstić information content (AvgIpc) is 2.96. The summed E-state index contributed by atoms with van der Waals surface area (Å²) in [6.07, 6.45) is 3.86. The molecule has 0 bridgehead atoms. The van der Waals surface area contributed by atoms with Crippen LogP contribution >= 0.6 is 11.3 Å². The van der Waals surface area contributed by atoms with E-state index in [4.69, 9.17) is 0 Å². The van der Waals surface area contributed by atoms with Gasteiger partial charge in [-0.1, -0.05) is 13.8 Å². The molecule has 0 spiro atoms. The van der Waals surface area contributed by atoms with E-state index < -0.39 is 0 Å². The van der Waals surface area contributed by atoms with Gasteiger partial charge in [-0.15, -0.1) is 11.3 Å². The van der Waals surface area contributed by atoms with Crippen molar-refractivity contribution in [2.24, 2.45) is 5.92 Å². The summed E-state index contributed by atoms with van der Waals surface area (Å²) >= 11 is 1.65. The van der Waals surface area contributed by atoms with Gasteiger partial charge in [0.25, 0.3) is 0 Å². The highest BCUT2D eigenvalue weighted by Crippen LogP contribution is 2.30. The molecule has 0 amide bonds. The first-order chi connectivity index (χ1) is 10.0. The molecule has 1 N–H and O–H groups in total. The lowest BCUT2D eigenvalue weighted by Gasteiger charge is -2.07. The largest absolute Gasteiger partial charge is 0.337 e. The number of fused-ring (bicyclic) bond motifs is 1. The Bertz CT molecular complexity index is 772. The molecule has 6 heteroatoms. The lowest BCUT2D eigenvalue weighted by Crippen LogP contribution is -2.04. The van der Waals surface area contributed by atoms with Crippen molar-refractivity contribution in [1.82, 2.24) is 19.7 Å². The molecule has 0 aliphatic heterocycles. The first-order valence-electron chi connectivity index (χ1n) is 7.05. The third kappa shape index (κ3) is 2.90. The van der Waals surface area contributed by atoms with Crippen LogP contribution < -0.4 is 5.32 Å². The SMILES string of the molecule is Cc1nc(Nc2cnn(CC(C)C)c2)c2c(C)csc2n1. The van der Waals surface area contributed by atoms with Crippen molar-refractivity contribution in [1.29, 1.82) is 0 Å². The normalized spacial score (nSPS) is 11.5. The number of aromatic nitrogens is 4. The van der Waals surface area contributed by atoms with Crippen LogP contribution in [0, 0.1) is 19.8 Å². The molecule has 0 saturated heterocycles. The van der Waals surface area contributed by atoms with E-state index in [0.29, 0.717) is 5.92 Å². The first kappa shape index (κ1) is 14.0. The van der Waals surface area contributed by atoms with Crippen LogP contribution in [0.3, 0.4) is 0 Å². The highest BCUT2D eigenvalue weighted by molar-refractivity contribution is 7.17. The predicted octanol–water partition coefficient (Wildman–Crippen LogP) is 3.90. The number of hydrogen-bond acceptors (Lipinski definition) is 5. The summed E-state index contributed by atoms with van der Waals surface area (Å²) in [5.74, 6) is 2.21. The minimum atomic E-state index is 0.574. The molecular formula is C15H19N5S. The summed E-state index contributed by atoms with van der Waals surface area (Å²) < 4.78 is 1.96. The lowest BCUT2D eigenvalue weighted by atomic mass is 10.2. The topological polar surface area (TPSA) is 55.6 Å². The monoisotopic (exact) mass is 301 g/mol. The van der Waals surface area contributed by atoms with Gasteiger partial charge in [-0.05, 0) is 30.7 Å². The number of nitrogens with zero attached hydrogens (tertiary/aromatic N) is 4. The number of anilines is 2. The molecule has 0 aliphatic rings. The van der Waals surface area contributed by atoms with Gasteiger partial charge < -0.3 is 5.32 Å². The summed E-state index contributed by atoms with van der Waals surface area (Å²) in [6, 6.07) is 0. The second-order valence-electron chi connectivity index (χ2n) is 5.69. The van der Waals surface area contributed by atoms with Gasteiger partial charge in [0.1, 0.15) is 16.5 Å². The molecule has 3 aromatic rings. The molecule has 0 atom stereocenters. The van der Waals surface area contributed by atoms with E-state index >= 15 is 0 Å². The fourth-order valence-electron chi connectivity index (χ4n) is 2.32. The maximum Gasteiger partial charge on any atom is 0.143 e. The van der Waals surface area contributed by atoms with E-state index in [1.807, 2.05) is 24.0 Å². The van der Waals surface area contributed by atoms with Crippen molar-refractivity contribution >= 4 is 33.1 Å². The molecule has 0 aromatic carbocycles. The molecule has 3 aromatic heterocycles. The summed E-state index contributed by atoms with van der Waals surface area (Å²) in [4.78, 5) is 10.1. The molecular weight excluding hydrogens is 282 g/mol. The van der Waals surface area contributed by atoms with Gasteiger partial charge in [-0.3, -0.25) is 4.68 Å². The Labute approximate surface area is 128 Å². The molecule has 0 fully saturated rings. The fourth-order valence-corrected chi connectivity index (χ4v) is 3.29. The Kier molecular flexibility index (Phi) is 3.63. The zero-order valence-electron chi connectivity index (χ0n) is 12.7. The van der Waals surface area contributed by atoms with Crippen molar-refractivity contribution in [2.45, 2.75) is 34.2 Å². The van der Waals surface area contributed by atoms with Crippen molar-refractivity contribution in [3.63, 3.8) is 0 Å². The lowest BCUT2D eigenvalue weighted by molar-refractivity contribution is 0.483. The van der Waals surface area contributed by atoms with Crippen molar-refractivity contribution in [2.75, 3.05) is 5.32 Å². The van der Waals surface area contributed by atoms with Gasteiger partial charge in [0.05, 0.1) is 17.3 Å². The minimum absolute atomic E-state index is 0.574. The van der Waals surface area contributed by atoms with Crippen LogP contribution in [0.1, 0.15) is 25.2 Å². The molecule has 0 aliphatic carbocycles. The third-order valence-corrected chi connectivity index (χ3v) is 4.17. The van der Waals surface area contributed by atoms with E-state index in [2.05, 4.69) is 46.5 Å². The van der Waals surface area contributed by atoms with Gasteiger partial charge >= 0.3 is 0 Å². The van der Waals surface area contributed by atoms with Crippen LogP contribution in [0.4, 0.5) is 11.5 Å². The molecule has 3 rings (SSSR count). The Morgan fingerprint density at radius 1 is 1.29 bits per heavy atom. The van der Waals surface area contributed by atoms with Crippen molar-refractivity contribution in [3.8, 4) is 0 Å². The standard InChI is InChI=1S/C15H19N5S/c1-9(2)6-20-7-12(5-16-20)19-14-13-10(3)8-21-15(13)18-11(4)17-14/h5,7-9H,6H2,1-4H3,(H,17,18,19). The third-order valence-electron chi connectivity index (χ3n) is 3.18. The second-order valence-corrected chi connectivity index (χ2v) is 6.55. The van der Waals surface area contributed by atoms with Crippen molar-refractivity contribution < 1.29 is 0 Å². The van der Waals surface area contributed by atoms with Gasteiger partial charge in [-0.2, -0.15) is 5.10 Å². The molecule has 0 radical (unpaired) electrons. The van der Waals surface area contributed by atoms with Gasteiger partial charge in [-0.25, -0.2) is 9.97 Å². The van der Waals surface area contributed by atoms with Gasteiger partial charge in [0.15, 0.2) is 0 Å². The van der Waals surface area contributed by atoms with Crippen molar-refractivity contribution in [3.05, 3.63) is 29.2 Å². The average molecular weight is 301 g/mol. The quantitative estimate of drug-likeness (QED) is 0.794. The van der Waals surface area contributed by atoms with Crippen LogP contribution in [0.15, 0.2) is 17.8 Å². The van der Waals surface area contributed by atoms with E-state index in [0.717, 1.165) is 34.1 Å². The molecule has 3 heterocycles. The van der Waals surface area contributed by atoms with E-state index in [1.165, 1.54) is 5.56 Å². The Morgan fingerprint density at radius 3 is 2.86 bits per heavy atom. The van der Waals surface area contributed by atoms with E-state index in [9.17, 15) is 0 Å². The number of hydrogen-bond donors (Lipinski definition) is 1. The number of thiophene rings is 1. The Morgan fingerprint density at radius 2 is 2.10 bits per heavy atom. The molecule has 0 saturated carbocycles. The maximum atomic E-state index is 4.55. The molecule has 21 heavy (non-hydrogen) atoms. The predicted molar refractivity (Wildman–Crippen MR) is 87.2 cm³/mol. The second kappa shape index (κ2) is 5.44. The molecule has 110 valence electrons. The number of rotatable bonds is 4. The van der Waals surface area contributed by atoms with Crippen LogP contribution in [0.5, 0.6) is 0 Å². The van der Waals surface area contributed by atoms with Crippen LogP contribution in [0.2, 0.25) is 0 Å². The van der Waals surface area contributed by atoms with Crippen LogP contribution in [0.25, 0.3) is 10.2 Å². The van der Waals surface area contributed by atoms with E-state index in [1.54, 1.807) is 11.3 Å². The van der Waals surface area contributed by atoms with Gasteiger partial charge in [0.2, 0.25) is 0 Å². The maximum absolute atomic E-state index is 4.55. The van der Waals surface area contributed by atoms with E-state index in [-0.39, 0.29) is 0 Å². The summed E-state index contributed by atoms with van der Waals surface area (Å²) in [6.45, 7) is 9.28. The van der Waals surface area contributed by atoms with Crippen LogP contribution in [-0.2, 0) is 6.54 Å². The Hall–Kier alpha value is -1.95. The molecule has 0 unspecified atom stereocenters. The summed E-state index contributed by atoms with van der Waals surface area (Å²) in [7, 11) is 0. The zero-order chi connectivity index (χ0) is 15.0. The van der Waals surface area contributed by atoms with Crippen LogP contribution in [-0.4, -0.2) is 19.7 Å². The number of nitrogens with one attached hydrogen (secondary N) is 1. The van der Waals surface area contributed by atoms with Gasteiger partial charge in [0, 0.05) is 12.7 Å². The zero-order valence-corrected chi connectivity index (χ0v) is 13.5. The first-order valence-corrected chi connectivity index (χ1v) is 7.93. The Balaban J connectivity index is 1.94. The summed E-state index contributed by atoms with van der Waals surface area (Å²) in [5.41, 5.74) is 2.16. The minimum Gasteiger partial charge on any atom is -0.337 e. The highest BCUT2D eigenvalue weighted by atomic mass is 32.1. The summed E-state index contributed by atoms with van der Waals surface area (Å²) in [5, 5.41) is 11.0. The highest BCUT2D eigenvalue weighted by Gasteiger charge is 2.11. The smallest absolute Gasteiger partial charge is 0.143 e. The molecule has 5 nitrogen and oxygen atoms in total. The number of aryl methyl sites for hydroxylation is 2.